The second-order valence-corrected chi connectivity index (χ2v) is 14.6. The number of aliphatic hydroxyl groups excluding tert-OH is 2. The molecule has 0 atom stereocenters. The molecule has 0 unspecified atom stereocenters. The van der Waals surface area contributed by atoms with Crippen LogP contribution in [0.25, 0.3) is 0 Å². The van der Waals surface area contributed by atoms with Crippen LogP contribution in [0.1, 0.15) is 38.5 Å². The Bertz CT molecular complexity index is 1320. The summed E-state index contributed by atoms with van der Waals surface area (Å²) in [6.07, 6.45) is 15.1. The molecule has 3 N–H and O–H groups in total. The van der Waals surface area contributed by atoms with E-state index in [2.05, 4.69) is 45.0 Å². The number of aliphatic hydroxyl groups is 2. The number of nitrogens with one attached hydrogen (secondary N) is 1. The van der Waals surface area contributed by atoms with Gasteiger partial charge >= 0.3 is 0 Å². The first-order valence-corrected chi connectivity index (χ1v) is 18.7. The van der Waals surface area contributed by atoms with Gasteiger partial charge in [0.15, 0.2) is 4.30 Å². The van der Waals surface area contributed by atoms with E-state index in [4.69, 9.17) is 55.7 Å². The van der Waals surface area contributed by atoms with Crippen molar-refractivity contribution in [2.75, 3.05) is 55.3 Å². The summed E-state index contributed by atoms with van der Waals surface area (Å²) in [5, 5.41) is 21.8. The maximum atomic E-state index is 11.0. The van der Waals surface area contributed by atoms with Crippen LogP contribution in [-0.2, 0) is 14.3 Å². The molecule has 3 aromatic rings. The molecule has 0 spiro atoms. The van der Waals surface area contributed by atoms with E-state index in [1.807, 2.05) is 12.1 Å². The number of alkyl halides is 3. The van der Waals surface area contributed by atoms with Crippen LogP contribution >= 0.6 is 46.4 Å². The van der Waals surface area contributed by atoms with Crippen molar-refractivity contribution in [3.05, 3.63) is 60.9 Å². The van der Waals surface area contributed by atoms with Gasteiger partial charge in [0.05, 0.1) is 24.6 Å². The minimum Gasteiger partial charge on any atom is -0.393 e. The molecular formula is C29H43Cl4N9O5S. The SMILES string of the molecule is CS(=O)(=O)OC1CCN(c2ccncn2)CC1.ClC(Cl)Cl.Clc1ccncn1.OC1CCN(c2ccncn2)CC1.OC1CCNCC1. The molecule has 3 aliphatic heterocycles. The highest BCUT2D eigenvalue weighted by atomic mass is 35.6. The van der Waals surface area contributed by atoms with Gasteiger partial charge in [-0.15, -0.1) is 0 Å². The third-order valence-electron chi connectivity index (χ3n) is 6.85. The first-order chi connectivity index (χ1) is 22.9. The first kappa shape index (κ1) is 42.0. The van der Waals surface area contributed by atoms with Gasteiger partial charge in [-0.1, -0.05) is 46.4 Å². The molecule has 0 bridgehead atoms. The molecule has 6 rings (SSSR count). The van der Waals surface area contributed by atoms with E-state index in [-0.39, 0.29) is 18.3 Å². The second-order valence-electron chi connectivity index (χ2n) is 10.6. The lowest BCUT2D eigenvalue weighted by Crippen LogP contribution is -2.38. The summed E-state index contributed by atoms with van der Waals surface area (Å²) in [5.41, 5.74) is 0. The normalized spacial score (nSPS) is 17.3. The third kappa shape index (κ3) is 20.3. The zero-order valence-electron chi connectivity index (χ0n) is 26.6. The van der Waals surface area contributed by atoms with Crippen LogP contribution in [-0.4, -0.2) is 117 Å². The van der Waals surface area contributed by atoms with Gasteiger partial charge < -0.3 is 25.3 Å². The maximum absolute atomic E-state index is 11.0. The summed E-state index contributed by atoms with van der Waals surface area (Å²) >= 11 is 19.8. The van der Waals surface area contributed by atoms with E-state index < -0.39 is 14.4 Å². The summed E-state index contributed by atoms with van der Waals surface area (Å²) in [5.74, 6) is 1.83. The monoisotopic (exact) mass is 769 g/mol. The van der Waals surface area contributed by atoms with E-state index in [0.717, 1.165) is 82.8 Å². The predicted molar refractivity (Wildman–Crippen MR) is 189 cm³/mol. The van der Waals surface area contributed by atoms with Gasteiger partial charge in [-0.25, -0.2) is 29.9 Å². The minimum absolute atomic E-state index is 0.0266. The number of rotatable bonds is 4. The van der Waals surface area contributed by atoms with Crippen LogP contribution in [0, 0.1) is 0 Å². The number of piperidine rings is 3. The molecule has 3 aromatic heterocycles. The van der Waals surface area contributed by atoms with E-state index >= 15 is 0 Å². The van der Waals surface area contributed by atoms with E-state index in [0.29, 0.717) is 18.0 Å². The second kappa shape index (κ2) is 24.0. The number of halogens is 4. The van der Waals surface area contributed by atoms with Gasteiger partial charge in [0.1, 0.15) is 35.8 Å². The van der Waals surface area contributed by atoms with Crippen LogP contribution in [0.15, 0.2) is 55.8 Å². The van der Waals surface area contributed by atoms with Crippen LogP contribution in [0.4, 0.5) is 11.6 Å². The fourth-order valence-electron chi connectivity index (χ4n) is 4.55. The number of nitrogens with zero attached hydrogens (tertiary/aromatic N) is 8. The number of hydrogen-bond donors (Lipinski definition) is 3. The van der Waals surface area contributed by atoms with Crippen LogP contribution in [0.3, 0.4) is 0 Å². The Kier molecular flexibility index (Phi) is 21.0. The molecule has 48 heavy (non-hydrogen) atoms. The Morgan fingerprint density at radius 3 is 1.48 bits per heavy atom. The maximum Gasteiger partial charge on any atom is 0.264 e. The van der Waals surface area contributed by atoms with Crippen molar-refractivity contribution < 1.29 is 22.8 Å². The van der Waals surface area contributed by atoms with Crippen LogP contribution in [0.5, 0.6) is 0 Å². The van der Waals surface area contributed by atoms with E-state index in [9.17, 15) is 13.5 Å². The molecule has 3 fully saturated rings. The molecule has 268 valence electrons. The molecule has 0 aliphatic carbocycles. The lowest BCUT2D eigenvalue weighted by atomic mass is 10.1. The highest BCUT2D eigenvalue weighted by molar-refractivity contribution is 7.86. The highest BCUT2D eigenvalue weighted by Crippen LogP contribution is 2.20. The topological polar surface area (TPSA) is 180 Å². The van der Waals surface area contributed by atoms with Crippen LogP contribution in [0.2, 0.25) is 5.15 Å². The van der Waals surface area contributed by atoms with Gasteiger partial charge in [-0.3, -0.25) is 4.18 Å². The van der Waals surface area contributed by atoms with E-state index in [1.165, 1.54) is 12.7 Å². The van der Waals surface area contributed by atoms with Gasteiger partial charge in [-0.05, 0) is 69.8 Å². The zero-order valence-corrected chi connectivity index (χ0v) is 30.4. The largest absolute Gasteiger partial charge is 0.393 e. The Labute approximate surface area is 302 Å². The van der Waals surface area contributed by atoms with Crippen LogP contribution < -0.4 is 15.1 Å². The molecule has 0 radical (unpaired) electrons. The summed E-state index contributed by atoms with van der Waals surface area (Å²) in [6.45, 7) is 5.24. The molecule has 6 heterocycles. The van der Waals surface area contributed by atoms with Crippen molar-refractivity contribution in [1.82, 2.24) is 35.2 Å². The van der Waals surface area contributed by atoms with Gasteiger partial charge in [-0.2, -0.15) is 8.42 Å². The summed E-state index contributed by atoms with van der Waals surface area (Å²) in [7, 11) is -3.35. The van der Waals surface area contributed by atoms with Gasteiger partial charge in [0.25, 0.3) is 10.1 Å². The molecule has 19 heteroatoms. The van der Waals surface area contributed by atoms with Gasteiger partial charge in [0.2, 0.25) is 0 Å². The van der Waals surface area contributed by atoms with Crippen molar-refractivity contribution in [3.8, 4) is 0 Å². The molecule has 0 aromatic carbocycles. The molecule has 3 aliphatic rings. The van der Waals surface area contributed by atoms with Crippen molar-refractivity contribution in [2.45, 2.75) is 61.1 Å². The Hall–Kier alpha value is -2.21. The fraction of sp³-hybridized carbons (Fsp3) is 0.586. The number of anilines is 2. The quantitative estimate of drug-likeness (QED) is 0.199. The molecular weight excluding hydrogens is 728 g/mol. The lowest BCUT2D eigenvalue weighted by molar-refractivity contribution is 0.137. The fourth-order valence-corrected chi connectivity index (χ4v) is 5.33. The third-order valence-corrected chi connectivity index (χ3v) is 7.70. The van der Waals surface area contributed by atoms with Crippen molar-refractivity contribution in [1.29, 1.82) is 0 Å². The molecule has 0 amide bonds. The van der Waals surface area contributed by atoms with Gasteiger partial charge in [0, 0.05) is 44.8 Å². The van der Waals surface area contributed by atoms with Crippen molar-refractivity contribution >= 4 is 68.2 Å². The lowest BCUT2D eigenvalue weighted by Gasteiger charge is -2.31. The Morgan fingerprint density at radius 1 is 0.750 bits per heavy atom. The smallest absolute Gasteiger partial charge is 0.264 e. The predicted octanol–water partition coefficient (Wildman–Crippen LogP) is 3.71. The average Bonchev–Trinajstić information content (AvgIpc) is 3.07. The zero-order chi connectivity index (χ0) is 35.2. The van der Waals surface area contributed by atoms with Crippen molar-refractivity contribution in [2.24, 2.45) is 0 Å². The van der Waals surface area contributed by atoms with Crippen molar-refractivity contribution in [3.63, 3.8) is 0 Å². The molecule has 3 saturated heterocycles. The standard InChI is InChI=1S/C10H15N3O3S.C9H13N3O.C5H11NO.C4H3ClN2.CHCl3/c1-17(14,15)16-9-3-6-13(7-4-9)10-2-5-11-8-12-10;13-8-2-5-12(6-3-8)9-1-4-10-7-11-9;7-5-1-3-6-4-2-5;5-4-1-2-6-3-7-4;2-1(3)4/h2,5,8-9H,3-4,6-7H2,1H3;1,4,7-8,13H,2-3,5-6H2;5-7H,1-4H2;1-3H;1H. The molecule has 14 nitrogen and oxygen atoms in total. The Balaban J connectivity index is 0.000000227. The summed E-state index contributed by atoms with van der Waals surface area (Å²) < 4.78 is 26.2. The highest BCUT2D eigenvalue weighted by Gasteiger charge is 2.23. The Morgan fingerprint density at radius 2 is 1.17 bits per heavy atom. The summed E-state index contributed by atoms with van der Waals surface area (Å²) in [6, 6.07) is 5.37. The van der Waals surface area contributed by atoms with E-state index in [1.54, 1.807) is 31.0 Å². The average molecular weight is 772 g/mol. The minimum atomic E-state index is -3.35. The number of hydrogen-bond acceptors (Lipinski definition) is 14. The molecule has 0 saturated carbocycles. The summed E-state index contributed by atoms with van der Waals surface area (Å²) in [4.78, 5) is 27.6. The number of aromatic nitrogens is 6. The first-order valence-electron chi connectivity index (χ1n) is 15.2.